The summed E-state index contributed by atoms with van der Waals surface area (Å²) in [6.07, 6.45) is 0. The van der Waals surface area contributed by atoms with Crippen molar-refractivity contribution in [3.63, 3.8) is 0 Å². The Hall–Kier alpha value is -1.55. The SMILES string of the molecule is CCNC(=NC)N1CCN(Cc2ccccc2)CC1. The van der Waals surface area contributed by atoms with Crippen LogP contribution in [0.3, 0.4) is 0 Å². The number of guanidine groups is 1. The number of rotatable bonds is 3. The smallest absolute Gasteiger partial charge is 0.193 e. The highest BCUT2D eigenvalue weighted by atomic mass is 15.3. The van der Waals surface area contributed by atoms with Gasteiger partial charge in [0.1, 0.15) is 0 Å². The van der Waals surface area contributed by atoms with Crippen LogP contribution in [0, 0.1) is 0 Å². The Morgan fingerprint density at radius 2 is 1.84 bits per heavy atom. The maximum atomic E-state index is 4.32. The molecule has 0 aliphatic carbocycles. The van der Waals surface area contributed by atoms with E-state index in [0.29, 0.717) is 0 Å². The van der Waals surface area contributed by atoms with Crippen molar-refractivity contribution in [2.45, 2.75) is 13.5 Å². The predicted octanol–water partition coefficient (Wildman–Crippen LogP) is 1.40. The van der Waals surface area contributed by atoms with E-state index in [4.69, 9.17) is 0 Å². The van der Waals surface area contributed by atoms with Crippen molar-refractivity contribution in [3.05, 3.63) is 35.9 Å². The van der Waals surface area contributed by atoms with Gasteiger partial charge in [0.15, 0.2) is 5.96 Å². The van der Waals surface area contributed by atoms with Crippen molar-refractivity contribution in [3.8, 4) is 0 Å². The fourth-order valence-electron chi connectivity index (χ4n) is 2.45. The molecule has 104 valence electrons. The van der Waals surface area contributed by atoms with Crippen LogP contribution < -0.4 is 5.32 Å². The van der Waals surface area contributed by atoms with Gasteiger partial charge in [-0.15, -0.1) is 0 Å². The first kappa shape index (κ1) is 13.9. The summed E-state index contributed by atoms with van der Waals surface area (Å²) in [7, 11) is 1.86. The fourth-order valence-corrected chi connectivity index (χ4v) is 2.45. The van der Waals surface area contributed by atoms with Crippen molar-refractivity contribution in [1.82, 2.24) is 15.1 Å². The summed E-state index contributed by atoms with van der Waals surface area (Å²) >= 11 is 0. The van der Waals surface area contributed by atoms with Crippen molar-refractivity contribution >= 4 is 5.96 Å². The summed E-state index contributed by atoms with van der Waals surface area (Å²) in [6, 6.07) is 10.7. The summed E-state index contributed by atoms with van der Waals surface area (Å²) in [6.45, 7) is 8.37. The number of nitrogens with zero attached hydrogens (tertiary/aromatic N) is 3. The molecule has 1 aromatic carbocycles. The summed E-state index contributed by atoms with van der Waals surface area (Å²) in [5.41, 5.74) is 1.40. The van der Waals surface area contributed by atoms with Gasteiger partial charge in [-0.2, -0.15) is 0 Å². The minimum absolute atomic E-state index is 0.927. The molecule has 1 fully saturated rings. The highest BCUT2D eigenvalue weighted by Crippen LogP contribution is 2.08. The molecule has 0 atom stereocenters. The Kier molecular flexibility index (Phi) is 5.21. The molecule has 1 aliphatic rings. The predicted molar refractivity (Wildman–Crippen MR) is 80.3 cm³/mol. The van der Waals surface area contributed by atoms with Gasteiger partial charge in [-0.3, -0.25) is 9.89 Å². The second kappa shape index (κ2) is 7.14. The van der Waals surface area contributed by atoms with Crippen LogP contribution >= 0.6 is 0 Å². The molecule has 4 heteroatoms. The van der Waals surface area contributed by atoms with Gasteiger partial charge in [-0.05, 0) is 12.5 Å². The number of benzene rings is 1. The second-order valence-corrected chi connectivity index (χ2v) is 4.83. The highest BCUT2D eigenvalue weighted by Gasteiger charge is 2.18. The summed E-state index contributed by atoms with van der Waals surface area (Å²) in [5.74, 6) is 1.03. The normalized spacial score (nSPS) is 17.6. The molecular weight excluding hydrogens is 236 g/mol. The number of aliphatic imine (C=N–C) groups is 1. The van der Waals surface area contributed by atoms with E-state index < -0.39 is 0 Å². The van der Waals surface area contributed by atoms with Gasteiger partial charge in [0.25, 0.3) is 0 Å². The van der Waals surface area contributed by atoms with Gasteiger partial charge in [-0.1, -0.05) is 30.3 Å². The third-order valence-corrected chi connectivity index (χ3v) is 3.47. The van der Waals surface area contributed by atoms with E-state index in [1.165, 1.54) is 5.56 Å². The maximum absolute atomic E-state index is 4.32. The zero-order valence-corrected chi connectivity index (χ0v) is 12.0. The standard InChI is InChI=1S/C15H24N4/c1-3-17-15(16-2)19-11-9-18(10-12-19)13-14-7-5-4-6-8-14/h4-8H,3,9-13H2,1-2H3,(H,16,17). The first-order valence-electron chi connectivity index (χ1n) is 7.05. The third kappa shape index (κ3) is 3.96. The van der Waals surface area contributed by atoms with Crippen LogP contribution in [0.1, 0.15) is 12.5 Å². The minimum atomic E-state index is 0.927. The molecule has 0 saturated carbocycles. The van der Waals surface area contributed by atoms with Gasteiger partial charge in [0.05, 0.1) is 0 Å². The zero-order valence-electron chi connectivity index (χ0n) is 12.0. The lowest BCUT2D eigenvalue weighted by Crippen LogP contribution is -2.52. The molecule has 0 aromatic heterocycles. The first-order chi connectivity index (χ1) is 9.33. The summed E-state index contributed by atoms with van der Waals surface area (Å²) < 4.78 is 0. The van der Waals surface area contributed by atoms with E-state index >= 15 is 0 Å². The number of piperazine rings is 1. The third-order valence-electron chi connectivity index (χ3n) is 3.47. The van der Waals surface area contributed by atoms with Crippen LogP contribution in [0.15, 0.2) is 35.3 Å². The van der Waals surface area contributed by atoms with E-state index in [1.807, 2.05) is 7.05 Å². The number of hydrogen-bond donors (Lipinski definition) is 1. The molecule has 1 N–H and O–H groups in total. The Balaban J connectivity index is 1.82. The van der Waals surface area contributed by atoms with Crippen LogP contribution in [0.4, 0.5) is 0 Å². The fraction of sp³-hybridized carbons (Fsp3) is 0.533. The molecule has 0 bridgehead atoms. The molecule has 2 rings (SSSR count). The molecule has 19 heavy (non-hydrogen) atoms. The molecule has 0 spiro atoms. The lowest BCUT2D eigenvalue weighted by atomic mass is 10.2. The summed E-state index contributed by atoms with van der Waals surface area (Å²) in [5, 5.41) is 3.32. The van der Waals surface area contributed by atoms with Crippen molar-refractivity contribution < 1.29 is 0 Å². The van der Waals surface area contributed by atoms with E-state index in [0.717, 1.165) is 45.2 Å². The molecule has 0 radical (unpaired) electrons. The maximum Gasteiger partial charge on any atom is 0.193 e. The summed E-state index contributed by atoms with van der Waals surface area (Å²) in [4.78, 5) is 9.17. The molecular formula is C15H24N4. The largest absolute Gasteiger partial charge is 0.357 e. The van der Waals surface area contributed by atoms with Crippen LogP contribution in [0.2, 0.25) is 0 Å². The average Bonchev–Trinajstić information content (AvgIpc) is 2.47. The second-order valence-electron chi connectivity index (χ2n) is 4.83. The topological polar surface area (TPSA) is 30.9 Å². The first-order valence-corrected chi connectivity index (χ1v) is 7.05. The molecule has 1 heterocycles. The molecule has 1 saturated heterocycles. The van der Waals surface area contributed by atoms with Crippen LogP contribution in [0.25, 0.3) is 0 Å². The molecule has 0 unspecified atom stereocenters. The Labute approximate surface area is 116 Å². The lowest BCUT2D eigenvalue weighted by molar-refractivity contribution is 0.172. The Morgan fingerprint density at radius 3 is 2.42 bits per heavy atom. The zero-order chi connectivity index (χ0) is 13.5. The molecule has 1 aliphatic heterocycles. The van der Waals surface area contributed by atoms with Crippen molar-refractivity contribution in [2.75, 3.05) is 39.8 Å². The Bertz CT molecular complexity index is 394. The monoisotopic (exact) mass is 260 g/mol. The number of hydrogen-bond acceptors (Lipinski definition) is 2. The van der Waals surface area contributed by atoms with E-state index in [2.05, 4.69) is 57.4 Å². The number of nitrogens with one attached hydrogen (secondary N) is 1. The van der Waals surface area contributed by atoms with Gasteiger partial charge in [0, 0.05) is 46.3 Å². The van der Waals surface area contributed by atoms with E-state index in [9.17, 15) is 0 Å². The van der Waals surface area contributed by atoms with Crippen LogP contribution in [-0.4, -0.2) is 55.5 Å². The van der Waals surface area contributed by atoms with Gasteiger partial charge in [-0.25, -0.2) is 0 Å². The quantitative estimate of drug-likeness (QED) is 0.658. The van der Waals surface area contributed by atoms with Crippen LogP contribution in [-0.2, 0) is 6.54 Å². The molecule has 1 aromatic rings. The van der Waals surface area contributed by atoms with Crippen LogP contribution in [0.5, 0.6) is 0 Å². The molecule has 0 amide bonds. The van der Waals surface area contributed by atoms with Crippen molar-refractivity contribution in [2.24, 2.45) is 4.99 Å². The Morgan fingerprint density at radius 1 is 1.16 bits per heavy atom. The van der Waals surface area contributed by atoms with Crippen molar-refractivity contribution in [1.29, 1.82) is 0 Å². The van der Waals surface area contributed by atoms with Gasteiger partial charge >= 0.3 is 0 Å². The van der Waals surface area contributed by atoms with Gasteiger partial charge < -0.3 is 10.2 Å². The highest BCUT2D eigenvalue weighted by molar-refractivity contribution is 5.79. The van der Waals surface area contributed by atoms with Gasteiger partial charge in [0.2, 0.25) is 0 Å². The van der Waals surface area contributed by atoms with E-state index in [-0.39, 0.29) is 0 Å². The molecule has 4 nitrogen and oxygen atoms in total. The lowest BCUT2D eigenvalue weighted by Gasteiger charge is -2.36. The average molecular weight is 260 g/mol. The van der Waals surface area contributed by atoms with E-state index in [1.54, 1.807) is 0 Å². The minimum Gasteiger partial charge on any atom is -0.357 e.